The molecule has 1 aliphatic rings. The van der Waals surface area contributed by atoms with E-state index in [-0.39, 0.29) is 6.04 Å². The van der Waals surface area contributed by atoms with Gasteiger partial charge in [-0.1, -0.05) is 30.3 Å². The number of piperazine rings is 1. The molecule has 4 heteroatoms. The minimum absolute atomic E-state index is 0.130. The Labute approximate surface area is 116 Å². The lowest BCUT2D eigenvalue weighted by atomic mass is 10.2. The maximum atomic E-state index is 5.99. The zero-order valence-corrected chi connectivity index (χ0v) is 11.8. The van der Waals surface area contributed by atoms with E-state index in [0.29, 0.717) is 6.61 Å². The highest BCUT2D eigenvalue weighted by Gasteiger charge is 2.18. The molecule has 1 fully saturated rings. The van der Waals surface area contributed by atoms with E-state index in [2.05, 4.69) is 40.1 Å². The summed E-state index contributed by atoms with van der Waals surface area (Å²) in [7, 11) is 1.71. The van der Waals surface area contributed by atoms with Crippen molar-refractivity contribution in [3.05, 3.63) is 35.9 Å². The zero-order chi connectivity index (χ0) is 13.5. The minimum atomic E-state index is 0.130. The van der Waals surface area contributed by atoms with Gasteiger partial charge in [-0.2, -0.15) is 0 Å². The summed E-state index contributed by atoms with van der Waals surface area (Å²) in [6.45, 7) is 7.08. The Kier molecular flexibility index (Phi) is 5.79. The van der Waals surface area contributed by atoms with Gasteiger partial charge in [0.1, 0.15) is 0 Å². The molecule has 0 bridgehead atoms. The van der Waals surface area contributed by atoms with Gasteiger partial charge >= 0.3 is 0 Å². The summed E-state index contributed by atoms with van der Waals surface area (Å²) >= 11 is 0. The molecule has 2 rings (SSSR count). The molecule has 0 saturated carbocycles. The standard InChI is InChI=1S/C15H25N3O/c1-19-13-15(16)12-18-9-7-17(8-10-18)11-14-5-3-2-4-6-14/h2-6,15H,7-13,16H2,1H3. The van der Waals surface area contributed by atoms with E-state index >= 15 is 0 Å². The van der Waals surface area contributed by atoms with Crippen LogP contribution in [0, 0.1) is 0 Å². The first-order valence-electron chi connectivity index (χ1n) is 7.01. The molecule has 1 atom stereocenters. The van der Waals surface area contributed by atoms with Crippen LogP contribution in [0.4, 0.5) is 0 Å². The zero-order valence-electron chi connectivity index (χ0n) is 11.8. The number of benzene rings is 1. The maximum Gasteiger partial charge on any atom is 0.0626 e. The Morgan fingerprint density at radius 2 is 1.74 bits per heavy atom. The summed E-state index contributed by atoms with van der Waals surface area (Å²) in [6, 6.07) is 10.8. The van der Waals surface area contributed by atoms with E-state index in [0.717, 1.165) is 39.3 Å². The van der Waals surface area contributed by atoms with Crippen LogP contribution in [-0.4, -0.2) is 62.3 Å². The summed E-state index contributed by atoms with van der Waals surface area (Å²) in [5.41, 5.74) is 7.39. The molecular weight excluding hydrogens is 238 g/mol. The van der Waals surface area contributed by atoms with E-state index in [1.54, 1.807) is 7.11 Å². The van der Waals surface area contributed by atoms with Crippen LogP contribution in [0.15, 0.2) is 30.3 Å². The Bertz CT molecular complexity index is 350. The molecule has 0 radical (unpaired) electrons. The van der Waals surface area contributed by atoms with Crippen LogP contribution in [0.1, 0.15) is 5.56 Å². The summed E-state index contributed by atoms with van der Waals surface area (Å²) in [4.78, 5) is 4.94. The maximum absolute atomic E-state index is 5.99. The molecule has 1 saturated heterocycles. The quantitative estimate of drug-likeness (QED) is 0.823. The van der Waals surface area contributed by atoms with Crippen molar-refractivity contribution >= 4 is 0 Å². The van der Waals surface area contributed by atoms with E-state index in [1.165, 1.54) is 5.56 Å². The van der Waals surface area contributed by atoms with E-state index in [9.17, 15) is 0 Å². The third-order valence-corrected chi connectivity index (χ3v) is 3.59. The molecule has 1 aromatic carbocycles. The molecular formula is C15H25N3O. The van der Waals surface area contributed by atoms with Gasteiger partial charge in [-0.25, -0.2) is 0 Å². The van der Waals surface area contributed by atoms with Gasteiger partial charge in [0, 0.05) is 52.4 Å². The van der Waals surface area contributed by atoms with E-state index < -0.39 is 0 Å². The van der Waals surface area contributed by atoms with Gasteiger partial charge in [0.15, 0.2) is 0 Å². The third-order valence-electron chi connectivity index (χ3n) is 3.59. The second-order valence-electron chi connectivity index (χ2n) is 5.28. The van der Waals surface area contributed by atoms with Gasteiger partial charge < -0.3 is 10.5 Å². The summed E-state index contributed by atoms with van der Waals surface area (Å²) in [5, 5.41) is 0. The van der Waals surface area contributed by atoms with Crippen molar-refractivity contribution in [3.8, 4) is 0 Å². The first-order valence-corrected chi connectivity index (χ1v) is 7.01. The Morgan fingerprint density at radius 1 is 1.11 bits per heavy atom. The van der Waals surface area contributed by atoms with Gasteiger partial charge in [0.05, 0.1) is 6.61 Å². The second kappa shape index (κ2) is 7.60. The fourth-order valence-corrected chi connectivity index (χ4v) is 2.57. The highest BCUT2D eigenvalue weighted by Crippen LogP contribution is 2.08. The first kappa shape index (κ1) is 14.5. The van der Waals surface area contributed by atoms with Crippen LogP contribution in [0.5, 0.6) is 0 Å². The number of ether oxygens (including phenoxy) is 1. The summed E-state index contributed by atoms with van der Waals surface area (Å²) in [6.07, 6.45) is 0. The van der Waals surface area contributed by atoms with E-state index in [1.807, 2.05) is 0 Å². The fourth-order valence-electron chi connectivity index (χ4n) is 2.57. The molecule has 19 heavy (non-hydrogen) atoms. The van der Waals surface area contributed by atoms with Crippen molar-refractivity contribution in [1.82, 2.24) is 9.80 Å². The SMILES string of the molecule is COCC(N)CN1CCN(Cc2ccccc2)CC1. The van der Waals surface area contributed by atoms with Crippen LogP contribution in [0.25, 0.3) is 0 Å². The Morgan fingerprint density at radius 3 is 2.37 bits per heavy atom. The van der Waals surface area contributed by atoms with Crippen molar-refractivity contribution in [2.24, 2.45) is 5.73 Å². The third kappa shape index (κ3) is 4.91. The Balaban J connectivity index is 1.70. The molecule has 106 valence electrons. The molecule has 1 aromatic rings. The number of methoxy groups -OCH3 is 1. The number of hydrogen-bond acceptors (Lipinski definition) is 4. The predicted molar refractivity (Wildman–Crippen MR) is 78.0 cm³/mol. The summed E-state index contributed by atoms with van der Waals surface area (Å²) in [5.74, 6) is 0. The fraction of sp³-hybridized carbons (Fsp3) is 0.600. The molecule has 0 aromatic heterocycles. The molecule has 4 nitrogen and oxygen atoms in total. The molecule has 2 N–H and O–H groups in total. The van der Waals surface area contributed by atoms with Gasteiger partial charge in [-0.05, 0) is 5.56 Å². The predicted octanol–water partition coefficient (Wildman–Crippen LogP) is 0.778. The number of nitrogens with zero attached hydrogens (tertiary/aromatic N) is 2. The van der Waals surface area contributed by atoms with Crippen LogP contribution in [0.3, 0.4) is 0 Å². The van der Waals surface area contributed by atoms with Gasteiger partial charge in [0.2, 0.25) is 0 Å². The number of hydrogen-bond donors (Lipinski definition) is 1. The lowest BCUT2D eigenvalue weighted by Crippen LogP contribution is -2.50. The minimum Gasteiger partial charge on any atom is -0.383 e. The van der Waals surface area contributed by atoms with Crippen molar-refractivity contribution in [2.75, 3.05) is 46.4 Å². The lowest BCUT2D eigenvalue weighted by molar-refractivity contribution is 0.103. The monoisotopic (exact) mass is 263 g/mol. The van der Waals surface area contributed by atoms with E-state index in [4.69, 9.17) is 10.5 Å². The van der Waals surface area contributed by atoms with Crippen LogP contribution in [0.2, 0.25) is 0 Å². The van der Waals surface area contributed by atoms with Crippen molar-refractivity contribution in [1.29, 1.82) is 0 Å². The molecule has 0 spiro atoms. The number of rotatable bonds is 6. The van der Waals surface area contributed by atoms with Crippen LogP contribution < -0.4 is 5.73 Å². The van der Waals surface area contributed by atoms with Crippen molar-refractivity contribution < 1.29 is 4.74 Å². The van der Waals surface area contributed by atoms with Gasteiger partial charge in [-0.3, -0.25) is 9.80 Å². The normalized spacial score (nSPS) is 19.5. The first-order chi connectivity index (χ1) is 9.28. The highest BCUT2D eigenvalue weighted by molar-refractivity contribution is 5.14. The van der Waals surface area contributed by atoms with Crippen molar-refractivity contribution in [3.63, 3.8) is 0 Å². The lowest BCUT2D eigenvalue weighted by Gasteiger charge is -2.35. The van der Waals surface area contributed by atoms with Crippen LogP contribution >= 0.6 is 0 Å². The molecule has 0 aliphatic carbocycles. The molecule has 0 amide bonds. The van der Waals surface area contributed by atoms with Gasteiger partial charge in [-0.15, -0.1) is 0 Å². The van der Waals surface area contributed by atoms with Crippen molar-refractivity contribution in [2.45, 2.75) is 12.6 Å². The largest absolute Gasteiger partial charge is 0.383 e. The number of nitrogens with two attached hydrogens (primary N) is 1. The molecule has 1 aliphatic heterocycles. The Hall–Kier alpha value is -0.940. The highest BCUT2D eigenvalue weighted by atomic mass is 16.5. The topological polar surface area (TPSA) is 41.7 Å². The second-order valence-corrected chi connectivity index (χ2v) is 5.28. The molecule has 1 heterocycles. The van der Waals surface area contributed by atoms with Crippen LogP contribution in [-0.2, 0) is 11.3 Å². The smallest absolute Gasteiger partial charge is 0.0626 e. The average Bonchev–Trinajstić information content (AvgIpc) is 2.42. The molecule has 1 unspecified atom stereocenters. The van der Waals surface area contributed by atoms with Gasteiger partial charge in [0.25, 0.3) is 0 Å². The summed E-state index contributed by atoms with van der Waals surface area (Å²) < 4.78 is 5.08. The average molecular weight is 263 g/mol.